The van der Waals surface area contributed by atoms with Gasteiger partial charge in [0.25, 0.3) is 0 Å². The van der Waals surface area contributed by atoms with E-state index in [9.17, 15) is 4.39 Å². The van der Waals surface area contributed by atoms with Crippen LogP contribution in [0.25, 0.3) is 0 Å². The molecule has 100 valence electrons. The standard InChI is InChI=1S/C15H23FN2/c1-15(2)4-6-18(7-5-15)14-9-12(11-17-3)8-13(16)10-14/h8-10,17H,4-7,11H2,1-3H3. The molecule has 0 aliphatic carbocycles. The number of benzene rings is 1. The van der Waals surface area contributed by atoms with E-state index in [-0.39, 0.29) is 5.82 Å². The minimum Gasteiger partial charge on any atom is -0.371 e. The second-order valence-corrected chi connectivity index (χ2v) is 6.00. The molecule has 0 spiro atoms. The van der Waals surface area contributed by atoms with Gasteiger partial charge in [-0.15, -0.1) is 0 Å². The second kappa shape index (κ2) is 5.27. The van der Waals surface area contributed by atoms with Gasteiger partial charge in [-0.3, -0.25) is 0 Å². The fourth-order valence-corrected chi connectivity index (χ4v) is 2.49. The molecule has 2 nitrogen and oxygen atoms in total. The van der Waals surface area contributed by atoms with Gasteiger partial charge in [0.2, 0.25) is 0 Å². The van der Waals surface area contributed by atoms with E-state index in [1.54, 1.807) is 12.1 Å². The summed E-state index contributed by atoms with van der Waals surface area (Å²) in [6.45, 7) is 7.37. The van der Waals surface area contributed by atoms with Crippen molar-refractivity contribution in [3.63, 3.8) is 0 Å². The fraction of sp³-hybridized carbons (Fsp3) is 0.600. The third-order valence-electron chi connectivity index (χ3n) is 3.81. The molecule has 1 aliphatic heterocycles. The average Bonchev–Trinajstić information content (AvgIpc) is 2.28. The molecule has 0 saturated carbocycles. The van der Waals surface area contributed by atoms with Crippen molar-refractivity contribution in [2.75, 3.05) is 25.0 Å². The summed E-state index contributed by atoms with van der Waals surface area (Å²) in [7, 11) is 1.88. The van der Waals surface area contributed by atoms with E-state index in [1.807, 2.05) is 7.05 Å². The molecule has 3 heteroatoms. The molecular formula is C15H23FN2. The van der Waals surface area contributed by atoms with Crippen LogP contribution in [0.2, 0.25) is 0 Å². The van der Waals surface area contributed by atoms with Crippen LogP contribution >= 0.6 is 0 Å². The van der Waals surface area contributed by atoms with Crippen LogP contribution in [0.4, 0.5) is 10.1 Å². The molecule has 1 saturated heterocycles. The fourth-order valence-electron chi connectivity index (χ4n) is 2.49. The topological polar surface area (TPSA) is 15.3 Å². The number of nitrogens with zero attached hydrogens (tertiary/aromatic N) is 1. The van der Waals surface area contributed by atoms with Gasteiger partial charge in [0, 0.05) is 25.3 Å². The van der Waals surface area contributed by atoms with Crippen molar-refractivity contribution in [2.24, 2.45) is 5.41 Å². The Morgan fingerprint density at radius 2 is 1.89 bits per heavy atom. The van der Waals surface area contributed by atoms with Crippen molar-refractivity contribution < 1.29 is 4.39 Å². The maximum absolute atomic E-state index is 13.6. The molecule has 1 heterocycles. The zero-order chi connectivity index (χ0) is 13.2. The predicted molar refractivity (Wildman–Crippen MR) is 74.4 cm³/mol. The third-order valence-corrected chi connectivity index (χ3v) is 3.81. The maximum Gasteiger partial charge on any atom is 0.125 e. The first-order valence-corrected chi connectivity index (χ1v) is 6.69. The lowest BCUT2D eigenvalue weighted by atomic mass is 9.82. The SMILES string of the molecule is CNCc1cc(F)cc(N2CCC(C)(C)CC2)c1. The van der Waals surface area contributed by atoms with Crippen molar-refractivity contribution in [2.45, 2.75) is 33.2 Å². The normalized spacial score (nSPS) is 19.0. The predicted octanol–water partition coefficient (Wildman–Crippen LogP) is 3.17. The van der Waals surface area contributed by atoms with Crippen LogP contribution in [0.15, 0.2) is 18.2 Å². The highest BCUT2D eigenvalue weighted by Gasteiger charge is 2.25. The minimum absolute atomic E-state index is 0.136. The van der Waals surface area contributed by atoms with Gasteiger partial charge >= 0.3 is 0 Å². The Morgan fingerprint density at radius 1 is 1.22 bits per heavy atom. The average molecular weight is 250 g/mol. The number of piperidine rings is 1. The van der Waals surface area contributed by atoms with Crippen LogP contribution in [0.5, 0.6) is 0 Å². The highest BCUT2D eigenvalue weighted by molar-refractivity contribution is 5.49. The lowest BCUT2D eigenvalue weighted by molar-refractivity contribution is 0.280. The number of hydrogen-bond donors (Lipinski definition) is 1. The number of anilines is 1. The van der Waals surface area contributed by atoms with Crippen LogP contribution in [-0.4, -0.2) is 20.1 Å². The first kappa shape index (κ1) is 13.3. The van der Waals surface area contributed by atoms with Crippen LogP contribution in [0.1, 0.15) is 32.3 Å². The van der Waals surface area contributed by atoms with Crippen molar-refractivity contribution in [1.29, 1.82) is 0 Å². The lowest BCUT2D eigenvalue weighted by Gasteiger charge is -2.38. The molecule has 0 amide bonds. The van der Waals surface area contributed by atoms with Gasteiger partial charge < -0.3 is 10.2 Å². The van der Waals surface area contributed by atoms with Crippen molar-refractivity contribution in [1.82, 2.24) is 5.32 Å². The van der Waals surface area contributed by atoms with Crippen LogP contribution in [0, 0.1) is 11.2 Å². The number of rotatable bonds is 3. The Morgan fingerprint density at radius 3 is 2.50 bits per heavy atom. The van der Waals surface area contributed by atoms with Gasteiger partial charge in [-0.05, 0) is 49.1 Å². The van der Waals surface area contributed by atoms with Crippen LogP contribution < -0.4 is 10.2 Å². The number of nitrogens with one attached hydrogen (secondary N) is 1. The van der Waals surface area contributed by atoms with E-state index < -0.39 is 0 Å². The van der Waals surface area contributed by atoms with E-state index in [0.717, 1.165) is 24.3 Å². The van der Waals surface area contributed by atoms with Crippen molar-refractivity contribution in [3.8, 4) is 0 Å². The number of halogens is 1. The quantitative estimate of drug-likeness (QED) is 0.886. The molecular weight excluding hydrogens is 227 g/mol. The summed E-state index contributed by atoms with van der Waals surface area (Å²) in [6, 6.07) is 5.35. The molecule has 2 rings (SSSR count). The van der Waals surface area contributed by atoms with Gasteiger partial charge in [-0.2, -0.15) is 0 Å². The molecule has 1 N–H and O–H groups in total. The van der Waals surface area contributed by atoms with Crippen molar-refractivity contribution in [3.05, 3.63) is 29.6 Å². The summed E-state index contributed by atoms with van der Waals surface area (Å²) >= 11 is 0. The summed E-state index contributed by atoms with van der Waals surface area (Å²) in [5, 5.41) is 3.07. The summed E-state index contributed by atoms with van der Waals surface area (Å²) in [4.78, 5) is 2.30. The molecule has 0 bridgehead atoms. The van der Waals surface area contributed by atoms with Crippen LogP contribution in [0.3, 0.4) is 0 Å². The summed E-state index contributed by atoms with van der Waals surface area (Å²) in [5.41, 5.74) is 2.46. The molecule has 1 aromatic rings. The van der Waals surface area contributed by atoms with E-state index in [1.165, 1.54) is 12.8 Å². The Bertz CT molecular complexity index is 405. The highest BCUT2D eigenvalue weighted by atomic mass is 19.1. The molecule has 1 aliphatic rings. The van der Waals surface area contributed by atoms with Crippen LogP contribution in [-0.2, 0) is 6.54 Å². The largest absolute Gasteiger partial charge is 0.371 e. The summed E-state index contributed by atoms with van der Waals surface area (Å²) in [5.74, 6) is -0.136. The summed E-state index contributed by atoms with van der Waals surface area (Å²) < 4.78 is 13.6. The Hall–Kier alpha value is -1.09. The Labute approximate surface area is 109 Å². The molecule has 0 aromatic heterocycles. The molecule has 0 unspecified atom stereocenters. The third kappa shape index (κ3) is 3.22. The van der Waals surface area contributed by atoms with E-state index in [4.69, 9.17) is 0 Å². The molecule has 1 fully saturated rings. The van der Waals surface area contributed by atoms with Gasteiger partial charge in [0.05, 0.1) is 0 Å². The van der Waals surface area contributed by atoms with Gasteiger partial charge in [-0.25, -0.2) is 4.39 Å². The minimum atomic E-state index is -0.136. The summed E-state index contributed by atoms with van der Waals surface area (Å²) in [6.07, 6.45) is 2.34. The van der Waals surface area contributed by atoms with E-state index in [0.29, 0.717) is 12.0 Å². The zero-order valence-electron chi connectivity index (χ0n) is 11.6. The smallest absolute Gasteiger partial charge is 0.125 e. The Balaban J connectivity index is 2.13. The van der Waals surface area contributed by atoms with Gasteiger partial charge in [0.15, 0.2) is 0 Å². The lowest BCUT2D eigenvalue weighted by Crippen LogP contribution is -2.37. The van der Waals surface area contributed by atoms with Gasteiger partial charge in [-0.1, -0.05) is 13.8 Å². The molecule has 1 aromatic carbocycles. The monoisotopic (exact) mass is 250 g/mol. The van der Waals surface area contributed by atoms with E-state index >= 15 is 0 Å². The molecule has 18 heavy (non-hydrogen) atoms. The first-order valence-electron chi connectivity index (χ1n) is 6.69. The first-order chi connectivity index (χ1) is 8.50. The second-order valence-electron chi connectivity index (χ2n) is 6.00. The van der Waals surface area contributed by atoms with E-state index in [2.05, 4.69) is 30.1 Å². The molecule has 0 radical (unpaired) electrons. The van der Waals surface area contributed by atoms with Gasteiger partial charge in [0.1, 0.15) is 5.82 Å². The number of hydrogen-bond acceptors (Lipinski definition) is 2. The Kier molecular flexibility index (Phi) is 3.91. The van der Waals surface area contributed by atoms with Crippen molar-refractivity contribution >= 4 is 5.69 Å². The molecule has 0 atom stereocenters. The maximum atomic E-state index is 13.6. The highest BCUT2D eigenvalue weighted by Crippen LogP contribution is 2.32. The zero-order valence-corrected chi connectivity index (χ0v) is 11.6.